The van der Waals surface area contributed by atoms with Gasteiger partial charge in [-0.25, -0.2) is 4.39 Å². The van der Waals surface area contributed by atoms with E-state index in [4.69, 9.17) is 21.7 Å². The molecule has 0 saturated carbocycles. The van der Waals surface area contributed by atoms with Crippen LogP contribution in [0.5, 0.6) is 11.5 Å². The fourth-order valence-corrected chi connectivity index (χ4v) is 3.17. The molecule has 5 nitrogen and oxygen atoms in total. The summed E-state index contributed by atoms with van der Waals surface area (Å²) in [7, 11) is 0. The van der Waals surface area contributed by atoms with E-state index in [0.29, 0.717) is 28.8 Å². The van der Waals surface area contributed by atoms with Gasteiger partial charge in [-0.3, -0.25) is 5.43 Å². The molecule has 0 amide bonds. The number of hydrogen-bond donors (Lipinski definition) is 2. The van der Waals surface area contributed by atoms with Crippen molar-refractivity contribution < 1.29 is 13.9 Å². The van der Waals surface area contributed by atoms with E-state index < -0.39 is 0 Å². The largest absolute Gasteiger partial charge is 0.490 e. The van der Waals surface area contributed by atoms with Gasteiger partial charge < -0.3 is 14.8 Å². The molecular weight excluding hydrogens is 480 g/mol. The van der Waals surface area contributed by atoms with Gasteiger partial charge in [-0.05, 0) is 72.4 Å². The van der Waals surface area contributed by atoms with Gasteiger partial charge in [0.1, 0.15) is 12.4 Å². The Morgan fingerprint density at radius 1 is 1.26 bits per heavy atom. The summed E-state index contributed by atoms with van der Waals surface area (Å²) in [4.78, 5) is 0. The van der Waals surface area contributed by atoms with Gasteiger partial charge in [-0.2, -0.15) is 5.10 Å². The van der Waals surface area contributed by atoms with Gasteiger partial charge in [0.25, 0.3) is 0 Å². The van der Waals surface area contributed by atoms with Gasteiger partial charge in [-0.1, -0.05) is 18.2 Å². The lowest BCUT2D eigenvalue weighted by Crippen LogP contribution is -2.31. The number of benzene rings is 2. The average Bonchev–Trinajstić information content (AvgIpc) is 2.63. The summed E-state index contributed by atoms with van der Waals surface area (Å²) in [6.07, 6.45) is 1.65. The normalized spacial score (nSPS) is 10.7. The first-order valence-corrected chi connectivity index (χ1v) is 9.93. The lowest BCUT2D eigenvalue weighted by atomic mass is 10.2. The first-order chi connectivity index (χ1) is 13.0. The highest BCUT2D eigenvalue weighted by atomic mass is 127. The second-order valence-corrected chi connectivity index (χ2v) is 6.94. The first-order valence-electron chi connectivity index (χ1n) is 8.44. The highest BCUT2D eigenvalue weighted by Crippen LogP contribution is 2.34. The zero-order chi connectivity index (χ0) is 19.6. The Balaban J connectivity index is 2.16. The van der Waals surface area contributed by atoms with Crippen LogP contribution in [0.25, 0.3) is 0 Å². The van der Waals surface area contributed by atoms with E-state index in [9.17, 15) is 4.39 Å². The Morgan fingerprint density at radius 3 is 2.74 bits per heavy atom. The number of thiocarbonyl (C=S) groups is 1. The van der Waals surface area contributed by atoms with Gasteiger partial charge >= 0.3 is 0 Å². The number of ether oxygens (including phenoxy) is 2. The van der Waals surface area contributed by atoms with E-state index in [2.05, 4.69) is 38.4 Å². The van der Waals surface area contributed by atoms with Gasteiger partial charge in [0.2, 0.25) is 0 Å². The minimum absolute atomic E-state index is 0.120. The number of nitrogens with one attached hydrogen (secondary N) is 2. The lowest BCUT2D eigenvalue weighted by Gasteiger charge is -2.15. The van der Waals surface area contributed by atoms with Crippen LogP contribution in [0, 0.1) is 9.39 Å². The second-order valence-electron chi connectivity index (χ2n) is 5.37. The van der Waals surface area contributed by atoms with Crippen LogP contribution < -0.4 is 20.2 Å². The lowest BCUT2D eigenvalue weighted by molar-refractivity contribution is 0.264. The summed E-state index contributed by atoms with van der Waals surface area (Å²) in [5.41, 5.74) is 4.06. The molecule has 2 aromatic rings. The van der Waals surface area contributed by atoms with Crippen molar-refractivity contribution in [2.75, 3.05) is 13.2 Å². The fourth-order valence-electron chi connectivity index (χ4n) is 2.20. The van der Waals surface area contributed by atoms with Crippen molar-refractivity contribution >= 4 is 46.1 Å². The molecule has 0 radical (unpaired) electrons. The zero-order valence-electron chi connectivity index (χ0n) is 15.1. The molecule has 2 aromatic carbocycles. The topological polar surface area (TPSA) is 54.9 Å². The van der Waals surface area contributed by atoms with Crippen molar-refractivity contribution in [3.8, 4) is 11.5 Å². The summed E-state index contributed by atoms with van der Waals surface area (Å²) in [5, 5.41) is 7.52. The average molecular weight is 501 g/mol. The third-order valence-corrected chi connectivity index (χ3v) is 4.42. The van der Waals surface area contributed by atoms with Crippen molar-refractivity contribution in [3.05, 3.63) is 56.9 Å². The Hall–Kier alpha value is -1.94. The smallest absolute Gasteiger partial charge is 0.186 e. The van der Waals surface area contributed by atoms with Crippen LogP contribution in [0.1, 0.15) is 25.0 Å². The summed E-state index contributed by atoms with van der Waals surface area (Å²) in [5.74, 6) is 0.863. The maximum atomic E-state index is 13.8. The minimum Gasteiger partial charge on any atom is -0.490 e. The standard InChI is InChI=1S/C19H21FIN3O2S/c1-3-22-19(27)24-23-11-13-9-16(21)18(17(10-13)25-4-2)26-12-14-7-5-6-8-15(14)20/h5-11H,3-4,12H2,1-2H3,(H2,22,24,27)/b23-11-. The molecule has 0 aromatic heterocycles. The van der Waals surface area contributed by atoms with Crippen molar-refractivity contribution in [2.24, 2.45) is 5.10 Å². The molecule has 27 heavy (non-hydrogen) atoms. The van der Waals surface area contributed by atoms with Crippen molar-refractivity contribution in [1.82, 2.24) is 10.7 Å². The molecule has 0 saturated heterocycles. The molecule has 0 aliphatic rings. The molecule has 0 bridgehead atoms. The minimum atomic E-state index is -0.294. The van der Waals surface area contributed by atoms with E-state index in [0.717, 1.165) is 15.7 Å². The maximum Gasteiger partial charge on any atom is 0.186 e. The Bertz CT molecular complexity index is 818. The van der Waals surface area contributed by atoms with Gasteiger partial charge in [0, 0.05) is 12.1 Å². The highest BCUT2D eigenvalue weighted by Gasteiger charge is 2.13. The fraction of sp³-hybridized carbons (Fsp3) is 0.263. The molecule has 0 fully saturated rings. The molecule has 0 aliphatic heterocycles. The molecule has 0 spiro atoms. The van der Waals surface area contributed by atoms with E-state index in [-0.39, 0.29) is 12.4 Å². The van der Waals surface area contributed by atoms with Crippen molar-refractivity contribution in [1.29, 1.82) is 0 Å². The van der Waals surface area contributed by atoms with Crippen LogP contribution in [0.15, 0.2) is 41.5 Å². The molecule has 0 unspecified atom stereocenters. The van der Waals surface area contributed by atoms with Crippen LogP contribution in [-0.4, -0.2) is 24.5 Å². The maximum absolute atomic E-state index is 13.8. The van der Waals surface area contributed by atoms with Crippen LogP contribution in [0.3, 0.4) is 0 Å². The molecule has 8 heteroatoms. The highest BCUT2D eigenvalue weighted by molar-refractivity contribution is 14.1. The molecule has 0 heterocycles. The quantitative estimate of drug-likeness (QED) is 0.246. The Morgan fingerprint density at radius 2 is 2.04 bits per heavy atom. The predicted octanol–water partition coefficient (Wildman–Crippen LogP) is 4.23. The predicted molar refractivity (Wildman–Crippen MR) is 118 cm³/mol. The summed E-state index contributed by atoms with van der Waals surface area (Å²) in [6, 6.07) is 10.3. The Kier molecular flexibility index (Phi) is 8.73. The SMILES string of the molecule is CCNC(=S)N/N=C\c1cc(I)c(OCc2ccccc2F)c(OCC)c1. The number of halogens is 2. The van der Waals surface area contributed by atoms with Gasteiger partial charge in [0.05, 0.1) is 16.4 Å². The monoisotopic (exact) mass is 501 g/mol. The number of rotatable bonds is 8. The number of nitrogens with zero attached hydrogens (tertiary/aromatic N) is 1. The van der Waals surface area contributed by atoms with Crippen LogP contribution >= 0.6 is 34.8 Å². The van der Waals surface area contributed by atoms with E-state index in [1.54, 1.807) is 24.4 Å². The van der Waals surface area contributed by atoms with Gasteiger partial charge in [-0.15, -0.1) is 0 Å². The number of hydrazone groups is 1. The molecule has 144 valence electrons. The van der Waals surface area contributed by atoms with Crippen LogP contribution in [-0.2, 0) is 6.61 Å². The number of hydrogen-bond acceptors (Lipinski definition) is 4. The molecular formula is C19H21FIN3O2S. The molecule has 0 aliphatic carbocycles. The first kappa shape index (κ1) is 21.4. The summed E-state index contributed by atoms with van der Waals surface area (Å²) in [6.45, 7) is 5.17. The Labute approximate surface area is 177 Å². The second kappa shape index (κ2) is 11.0. The molecule has 0 atom stereocenters. The molecule has 2 N–H and O–H groups in total. The van der Waals surface area contributed by atoms with E-state index in [1.807, 2.05) is 26.0 Å². The van der Waals surface area contributed by atoms with E-state index >= 15 is 0 Å². The summed E-state index contributed by atoms with van der Waals surface area (Å²) >= 11 is 7.22. The van der Waals surface area contributed by atoms with Gasteiger partial charge in [0.15, 0.2) is 16.6 Å². The van der Waals surface area contributed by atoms with Crippen LogP contribution in [0.2, 0.25) is 0 Å². The van der Waals surface area contributed by atoms with Crippen molar-refractivity contribution in [3.63, 3.8) is 0 Å². The third-order valence-electron chi connectivity index (χ3n) is 3.38. The van der Waals surface area contributed by atoms with Crippen LogP contribution in [0.4, 0.5) is 4.39 Å². The van der Waals surface area contributed by atoms with Crippen molar-refractivity contribution in [2.45, 2.75) is 20.5 Å². The third kappa shape index (κ3) is 6.62. The summed E-state index contributed by atoms with van der Waals surface area (Å²) < 4.78 is 26.2. The molecule has 2 rings (SSSR count). The zero-order valence-corrected chi connectivity index (χ0v) is 18.1. The van der Waals surface area contributed by atoms with E-state index in [1.165, 1.54) is 6.07 Å².